The number of carbonyl (C=O) groups is 2. The molecule has 0 radical (unpaired) electrons. The first-order valence-corrected chi connectivity index (χ1v) is 12.6. The zero-order chi connectivity index (χ0) is 25.9. The highest BCUT2D eigenvalue weighted by Gasteiger charge is 2.28. The maximum atomic E-state index is 13.3. The number of benzene rings is 3. The van der Waals surface area contributed by atoms with Gasteiger partial charge in [0.25, 0.3) is 0 Å². The fourth-order valence-electron chi connectivity index (χ4n) is 5.17. The fraction of sp³-hybridized carbons (Fsp3) is 0.226. The first-order chi connectivity index (χ1) is 17.9. The summed E-state index contributed by atoms with van der Waals surface area (Å²) in [6, 6.07) is 24.3. The molecule has 2 N–H and O–H groups in total. The lowest BCUT2D eigenvalue weighted by molar-refractivity contribution is -0.129. The molecule has 0 saturated heterocycles. The van der Waals surface area contributed by atoms with E-state index in [1.54, 1.807) is 11.1 Å². The number of hydrogen-bond acceptors (Lipinski definition) is 3. The Kier molecular flexibility index (Phi) is 6.82. The topological polar surface area (TPSA) is 68.4 Å². The summed E-state index contributed by atoms with van der Waals surface area (Å²) in [6.07, 6.45) is 5.95. The fourth-order valence-corrected chi connectivity index (χ4v) is 5.17. The number of nitrogens with one attached hydrogen (secondary N) is 2. The zero-order valence-electron chi connectivity index (χ0n) is 21.4. The van der Waals surface area contributed by atoms with E-state index in [1.807, 2.05) is 62.8 Å². The Hall–Kier alpha value is -4.32. The van der Waals surface area contributed by atoms with Crippen molar-refractivity contribution in [3.05, 3.63) is 107 Å². The average molecular weight is 493 g/mol. The second-order valence-electron chi connectivity index (χ2n) is 9.72. The van der Waals surface area contributed by atoms with Gasteiger partial charge in [-0.15, -0.1) is 0 Å². The Labute approximate surface area is 217 Å². The summed E-state index contributed by atoms with van der Waals surface area (Å²) < 4.78 is 0. The number of aromatic amines is 1. The first kappa shape index (κ1) is 24.4. The summed E-state index contributed by atoms with van der Waals surface area (Å²) in [5.74, 6) is -0.198. The van der Waals surface area contributed by atoms with E-state index in [2.05, 4.69) is 51.6 Å². The van der Waals surface area contributed by atoms with Crippen molar-refractivity contribution in [3.63, 3.8) is 0 Å². The molecule has 188 valence electrons. The van der Waals surface area contributed by atoms with Crippen molar-refractivity contribution in [2.24, 2.45) is 0 Å². The SMILES string of the molecule is CC(=O)N1C=Cc2ccccc2[C@@H]1CC(=O)NC[C@@H](c1ccc(N(C)C)cc1)c1c[nH]c2ccccc12. The normalized spacial score (nSPS) is 15.3. The van der Waals surface area contributed by atoms with Crippen LogP contribution in [0.5, 0.6) is 0 Å². The summed E-state index contributed by atoms with van der Waals surface area (Å²) in [6.45, 7) is 1.99. The number of anilines is 1. The van der Waals surface area contributed by atoms with E-state index in [1.165, 1.54) is 6.92 Å². The molecular weight excluding hydrogens is 460 g/mol. The van der Waals surface area contributed by atoms with Crippen LogP contribution < -0.4 is 10.2 Å². The van der Waals surface area contributed by atoms with Crippen molar-refractivity contribution < 1.29 is 9.59 Å². The third kappa shape index (κ3) is 5.00. The lowest BCUT2D eigenvalue weighted by atomic mass is 9.90. The molecular formula is C31H32N4O2. The molecule has 3 aromatic carbocycles. The molecule has 4 aromatic rings. The van der Waals surface area contributed by atoms with Gasteiger partial charge in [0.15, 0.2) is 0 Å². The molecule has 1 aliphatic heterocycles. The van der Waals surface area contributed by atoms with Crippen LogP contribution in [0.15, 0.2) is 85.2 Å². The lowest BCUT2D eigenvalue weighted by Crippen LogP contribution is -2.36. The van der Waals surface area contributed by atoms with Crippen molar-refractivity contribution >= 4 is 34.5 Å². The highest BCUT2D eigenvalue weighted by atomic mass is 16.2. The molecule has 6 heteroatoms. The average Bonchev–Trinajstić information content (AvgIpc) is 3.33. The van der Waals surface area contributed by atoms with E-state index < -0.39 is 0 Å². The Morgan fingerprint density at radius 3 is 2.49 bits per heavy atom. The van der Waals surface area contributed by atoms with Crippen LogP contribution in [0.3, 0.4) is 0 Å². The van der Waals surface area contributed by atoms with Gasteiger partial charge in [-0.05, 0) is 46.5 Å². The van der Waals surface area contributed by atoms with E-state index in [9.17, 15) is 9.59 Å². The van der Waals surface area contributed by atoms with Gasteiger partial charge in [-0.3, -0.25) is 9.59 Å². The highest BCUT2D eigenvalue weighted by Crippen LogP contribution is 2.34. The maximum Gasteiger partial charge on any atom is 0.223 e. The van der Waals surface area contributed by atoms with Gasteiger partial charge < -0.3 is 20.1 Å². The van der Waals surface area contributed by atoms with Crippen LogP contribution in [0.1, 0.15) is 47.6 Å². The summed E-state index contributed by atoms with van der Waals surface area (Å²) in [4.78, 5) is 32.8. The first-order valence-electron chi connectivity index (χ1n) is 12.6. The Bertz CT molecular complexity index is 1450. The number of aromatic nitrogens is 1. The number of rotatable bonds is 7. The quantitative estimate of drug-likeness (QED) is 0.361. The number of carbonyl (C=O) groups excluding carboxylic acids is 2. The van der Waals surface area contributed by atoms with E-state index in [0.29, 0.717) is 6.54 Å². The smallest absolute Gasteiger partial charge is 0.223 e. The Balaban J connectivity index is 1.40. The third-order valence-electron chi connectivity index (χ3n) is 7.16. The van der Waals surface area contributed by atoms with Crippen LogP contribution in [0.4, 0.5) is 5.69 Å². The minimum absolute atomic E-state index is 0.0289. The molecule has 0 aliphatic carbocycles. The Morgan fingerprint density at radius 2 is 1.73 bits per heavy atom. The minimum atomic E-state index is -0.329. The molecule has 2 amide bonds. The van der Waals surface area contributed by atoms with E-state index in [-0.39, 0.29) is 30.2 Å². The second-order valence-corrected chi connectivity index (χ2v) is 9.72. The van der Waals surface area contributed by atoms with Crippen LogP contribution in [0.2, 0.25) is 0 Å². The van der Waals surface area contributed by atoms with Crippen LogP contribution in [0, 0.1) is 0 Å². The molecule has 6 nitrogen and oxygen atoms in total. The van der Waals surface area contributed by atoms with Gasteiger partial charge in [-0.25, -0.2) is 0 Å². The van der Waals surface area contributed by atoms with Crippen molar-refractivity contribution in [2.75, 3.05) is 25.5 Å². The molecule has 0 bridgehead atoms. The van der Waals surface area contributed by atoms with Gasteiger partial charge in [-0.2, -0.15) is 0 Å². The number of H-pyrrole nitrogens is 1. The molecule has 5 rings (SSSR count). The van der Waals surface area contributed by atoms with Gasteiger partial charge >= 0.3 is 0 Å². The van der Waals surface area contributed by atoms with E-state index >= 15 is 0 Å². The molecule has 37 heavy (non-hydrogen) atoms. The van der Waals surface area contributed by atoms with Crippen molar-refractivity contribution in [1.29, 1.82) is 0 Å². The van der Waals surface area contributed by atoms with Gasteiger partial charge in [0.1, 0.15) is 0 Å². The summed E-state index contributed by atoms with van der Waals surface area (Å²) in [7, 11) is 4.05. The number of hydrogen-bond donors (Lipinski definition) is 2. The van der Waals surface area contributed by atoms with Gasteiger partial charge in [-0.1, -0.05) is 54.6 Å². The van der Waals surface area contributed by atoms with Crippen LogP contribution >= 0.6 is 0 Å². The molecule has 0 spiro atoms. The van der Waals surface area contributed by atoms with Crippen molar-refractivity contribution in [1.82, 2.24) is 15.2 Å². The molecule has 2 heterocycles. The second kappa shape index (κ2) is 10.3. The maximum absolute atomic E-state index is 13.3. The molecule has 0 saturated carbocycles. The van der Waals surface area contributed by atoms with Crippen LogP contribution in [-0.4, -0.2) is 42.3 Å². The lowest BCUT2D eigenvalue weighted by Gasteiger charge is -2.32. The standard InChI is InChI=1S/C31H32N4O2/c1-21(36)35-17-16-22-8-4-5-9-25(22)30(35)18-31(37)33-19-27(23-12-14-24(15-13-23)34(2)3)28-20-32-29-11-7-6-10-26(28)29/h4-17,20,27,30,32H,18-19H2,1-3H3,(H,33,37)/t27-,30-/m0/s1. The summed E-state index contributed by atoms with van der Waals surface area (Å²) >= 11 is 0. The number of para-hydroxylation sites is 1. The van der Waals surface area contributed by atoms with Crippen LogP contribution in [0.25, 0.3) is 17.0 Å². The van der Waals surface area contributed by atoms with Gasteiger partial charge in [0, 0.05) is 62.5 Å². The predicted molar refractivity (Wildman–Crippen MR) is 149 cm³/mol. The largest absolute Gasteiger partial charge is 0.378 e. The zero-order valence-corrected chi connectivity index (χ0v) is 21.4. The highest BCUT2D eigenvalue weighted by molar-refractivity contribution is 5.85. The van der Waals surface area contributed by atoms with Crippen LogP contribution in [-0.2, 0) is 9.59 Å². The Morgan fingerprint density at radius 1 is 1.00 bits per heavy atom. The molecule has 0 fully saturated rings. The monoisotopic (exact) mass is 492 g/mol. The van der Waals surface area contributed by atoms with E-state index in [0.717, 1.165) is 38.8 Å². The predicted octanol–water partition coefficient (Wildman–Crippen LogP) is 5.45. The van der Waals surface area contributed by atoms with Crippen molar-refractivity contribution in [2.45, 2.75) is 25.3 Å². The summed E-state index contributed by atoms with van der Waals surface area (Å²) in [5.41, 5.74) is 6.50. The third-order valence-corrected chi connectivity index (χ3v) is 7.16. The van der Waals surface area contributed by atoms with Crippen molar-refractivity contribution in [3.8, 4) is 0 Å². The minimum Gasteiger partial charge on any atom is -0.378 e. The molecule has 0 unspecified atom stereocenters. The van der Waals surface area contributed by atoms with Gasteiger partial charge in [0.2, 0.25) is 11.8 Å². The number of amides is 2. The number of nitrogens with zero attached hydrogens (tertiary/aromatic N) is 2. The van der Waals surface area contributed by atoms with Gasteiger partial charge in [0.05, 0.1) is 12.5 Å². The number of fused-ring (bicyclic) bond motifs is 2. The van der Waals surface area contributed by atoms with E-state index in [4.69, 9.17) is 0 Å². The molecule has 1 aliphatic rings. The molecule has 1 aromatic heterocycles. The molecule has 2 atom stereocenters. The summed E-state index contributed by atoms with van der Waals surface area (Å²) in [5, 5.41) is 4.33.